The second-order valence-corrected chi connectivity index (χ2v) is 5.76. The molecule has 1 heterocycles. The molecule has 1 aromatic heterocycles. The van der Waals surface area contributed by atoms with E-state index in [2.05, 4.69) is 11.2 Å². The molecule has 6 nitrogen and oxygen atoms in total. The van der Waals surface area contributed by atoms with E-state index in [-0.39, 0.29) is 18.0 Å². The van der Waals surface area contributed by atoms with Crippen molar-refractivity contribution in [3.63, 3.8) is 0 Å². The summed E-state index contributed by atoms with van der Waals surface area (Å²) >= 11 is 0. The standard InChI is InChI=1S/C21H16N4O2/c1-3-27-21(26)20-19(18(13-23)24-25(20)2)15-10-8-14(9-11-15)17-7-5-4-6-16(17)12-22/h4-11H,3H2,1-2H3. The Morgan fingerprint density at radius 2 is 1.74 bits per heavy atom. The highest BCUT2D eigenvalue weighted by molar-refractivity contribution is 5.97. The highest BCUT2D eigenvalue weighted by Crippen LogP contribution is 2.31. The number of hydrogen-bond acceptors (Lipinski definition) is 5. The van der Waals surface area contributed by atoms with Gasteiger partial charge in [-0.2, -0.15) is 15.6 Å². The predicted molar refractivity (Wildman–Crippen MR) is 99.5 cm³/mol. The molecule has 3 aromatic rings. The number of benzene rings is 2. The van der Waals surface area contributed by atoms with Gasteiger partial charge in [0.25, 0.3) is 0 Å². The number of carbonyl (C=O) groups excluding carboxylic acids is 1. The number of ether oxygens (including phenoxy) is 1. The van der Waals surface area contributed by atoms with Gasteiger partial charge in [0, 0.05) is 7.05 Å². The van der Waals surface area contributed by atoms with Gasteiger partial charge in [0.15, 0.2) is 11.4 Å². The Morgan fingerprint density at radius 1 is 1.07 bits per heavy atom. The highest BCUT2D eigenvalue weighted by Gasteiger charge is 2.24. The van der Waals surface area contributed by atoms with Crippen LogP contribution in [0.4, 0.5) is 0 Å². The van der Waals surface area contributed by atoms with Gasteiger partial charge in [-0.05, 0) is 29.7 Å². The zero-order chi connectivity index (χ0) is 19.4. The molecule has 0 unspecified atom stereocenters. The van der Waals surface area contributed by atoms with Gasteiger partial charge in [0.2, 0.25) is 0 Å². The Kier molecular flexibility index (Phi) is 5.01. The Labute approximate surface area is 156 Å². The van der Waals surface area contributed by atoms with Crippen LogP contribution < -0.4 is 0 Å². The summed E-state index contributed by atoms with van der Waals surface area (Å²) in [6.45, 7) is 1.95. The molecule has 0 aliphatic heterocycles. The molecular formula is C21H16N4O2. The molecule has 3 rings (SSSR count). The van der Waals surface area contributed by atoms with Gasteiger partial charge in [-0.15, -0.1) is 0 Å². The van der Waals surface area contributed by atoms with Crippen LogP contribution in [-0.4, -0.2) is 22.4 Å². The minimum absolute atomic E-state index is 0.158. The number of carbonyl (C=O) groups is 1. The Bertz CT molecular complexity index is 1080. The minimum Gasteiger partial charge on any atom is -0.461 e. The molecule has 0 aliphatic rings. The van der Waals surface area contributed by atoms with Crippen molar-refractivity contribution < 1.29 is 9.53 Å². The minimum atomic E-state index is -0.525. The van der Waals surface area contributed by atoms with Crippen molar-refractivity contribution in [2.45, 2.75) is 6.92 Å². The molecule has 0 spiro atoms. The molecule has 0 bridgehead atoms. The van der Waals surface area contributed by atoms with Crippen molar-refractivity contribution in [1.29, 1.82) is 10.5 Å². The molecular weight excluding hydrogens is 340 g/mol. The molecule has 27 heavy (non-hydrogen) atoms. The van der Waals surface area contributed by atoms with Crippen LogP contribution in [0.25, 0.3) is 22.3 Å². The predicted octanol–water partition coefficient (Wildman–Crippen LogP) is 3.67. The van der Waals surface area contributed by atoms with Crippen molar-refractivity contribution in [3.8, 4) is 34.4 Å². The lowest BCUT2D eigenvalue weighted by Gasteiger charge is -2.08. The lowest BCUT2D eigenvalue weighted by molar-refractivity contribution is 0.0514. The summed E-state index contributed by atoms with van der Waals surface area (Å²) in [5.41, 5.74) is 3.79. The van der Waals surface area contributed by atoms with Crippen molar-refractivity contribution in [3.05, 3.63) is 65.5 Å². The van der Waals surface area contributed by atoms with Gasteiger partial charge in [-0.3, -0.25) is 4.68 Å². The third-order valence-electron chi connectivity index (χ3n) is 4.15. The first-order valence-electron chi connectivity index (χ1n) is 8.34. The van der Waals surface area contributed by atoms with Crippen LogP contribution >= 0.6 is 0 Å². The lowest BCUT2D eigenvalue weighted by Crippen LogP contribution is -2.11. The van der Waals surface area contributed by atoms with Crippen LogP contribution in [0.1, 0.15) is 28.7 Å². The zero-order valence-corrected chi connectivity index (χ0v) is 14.9. The third kappa shape index (κ3) is 3.29. The van der Waals surface area contributed by atoms with Crippen molar-refractivity contribution in [2.75, 3.05) is 6.61 Å². The number of hydrogen-bond donors (Lipinski definition) is 0. The summed E-state index contributed by atoms with van der Waals surface area (Å²) in [5.74, 6) is -0.525. The Balaban J connectivity index is 2.10. The van der Waals surface area contributed by atoms with E-state index in [4.69, 9.17) is 4.74 Å². The van der Waals surface area contributed by atoms with E-state index >= 15 is 0 Å². The fourth-order valence-electron chi connectivity index (χ4n) is 2.96. The normalized spacial score (nSPS) is 10.1. The third-order valence-corrected chi connectivity index (χ3v) is 4.15. The summed E-state index contributed by atoms with van der Waals surface area (Å²) in [4.78, 5) is 12.3. The fraction of sp³-hybridized carbons (Fsp3) is 0.143. The van der Waals surface area contributed by atoms with E-state index in [9.17, 15) is 15.3 Å². The number of aromatic nitrogens is 2. The first kappa shape index (κ1) is 17.9. The number of nitrogens with zero attached hydrogens (tertiary/aromatic N) is 4. The quantitative estimate of drug-likeness (QED) is 0.665. The van der Waals surface area contributed by atoms with E-state index in [0.717, 1.165) is 11.1 Å². The summed E-state index contributed by atoms with van der Waals surface area (Å²) < 4.78 is 6.47. The van der Waals surface area contributed by atoms with Crippen LogP contribution in [0, 0.1) is 22.7 Å². The van der Waals surface area contributed by atoms with Crippen LogP contribution in [0.15, 0.2) is 48.5 Å². The number of esters is 1. The maximum atomic E-state index is 12.3. The molecule has 2 aromatic carbocycles. The van der Waals surface area contributed by atoms with E-state index < -0.39 is 5.97 Å². The van der Waals surface area contributed by atoms with Gasteiger partial charge < -0.3 is 4.74 Å². The summed E-state index contributed by atoms with van der Waals surface area (Å²) in [7, 11) is 1.61. The van der Waals surface area contributed by atoms with E-state index in [0.29, 0.717) is 16.7 Å². The molecule has 0 saturated heterocycles. The Morgan fingerprint density at radius 3 is 2.37 bits per heavy atom. The summed E-state index contributed by atoms with van der Waals surface area (Å²) in [6, 6.07) is 18.9. The average molecular weight is 356 g/mol. The molecule has 0 amide bonds. The monoisotopic (exact) mass is 356 g/mol. The van der Waals surface area contributed by atoms with Gasteiger partial charge in [0.1, 0.15) is 6.07 Å². The zero-order valence-electron chi connectivity index (χ0n) is 14.9. The summed E-state index contributed by atoms with van der Waals surface area (Å²) in [5, 5.41) is 22.8. The average Bonchev–Trinajstić information content (AvgIpc) is 3.04. The van der Waals surface area contributed by atoms with E-state index in [1.807, 2.05) is 48.5 Å². The van der Waals surface area contributed by atoms with Crippen molar-refractivity contribution >= 4 is 5.97 Å². The smallest absolute Gasteiger partial charge is 0.357 e. The van der Waals surface area contributed by atoms with Crippen LogP contribution in [0.3, 0.4) is 0 Å². The maximum absolute atomic E-state index is 12.3. The van der Waals surface area contributed by atoms with Crippen LogP contribution in [0.2, 0.25) is 0 Å². The van der Waals surface area contributed by atoms with E-state index in [1.165, 1.54) is 4.68 Å². The SMILES string of the molecule is CCOC(=O)c1c(-c2ccc(-c3ccccc3C#N)cc2)c(C#N)nn1C. The van der Waals surface area contributed by atoms with Gasteiger partial charge in [-0.25, -0.2) is 4.79 Å². The first-order valence-corrected chi connectivity index (χ1v) is 8.34. The molecule has 0 fully saturated rings. The van der Waals surface area contributed by atoms with Crippen LogP contribution in [-0.2, 0) is 11.8 Å². The van der Waals surface area contributed by atoms with Gasteiger partial charge in [-0.1, -0.05) is 42.5 Å². The number of aryl methyl sites for hydroxylation is 1. The summed E-state index contributed by atoms with van der Waals surface area (Å²) in [6.07, 6.45) is 0. The number of nitriles is 2. The lowest BCUT2D eigenvalue weighted by atomic mass is 9.96. The number of rotatable bonds is 4. The molecule has 132 valence electrons. The topological polar surface area (TPSA) is 91.7 Å². The van der Waals surface area contributed by atoms with Crippen molar-refractivity contribution in [1.82, 2.24) is 9.78 Å². The molecule has 0 radical (unpaired) electrons. The molecule has 6 heteroatoms. The molecule has 0 saturated carbocycles. The Hall–Kier alpha value is -3.90. The van der Waals surface area contributed by atoms with Crippen LogP contribution in [0.5, 0.6) is 0 Å². The second kappa shape index (κ2) is 7.55. The second-order valence-electron chi connectivity index (χ2n) is 5.76. The van der Waals surface area contributed by atoms with Crippen molar-refractivity contribution in [2.24, 2.45) is 7.05 Å². The fourth-order valence-corrected chi connectivity index (χ4v) is 2.96. The largest absolute Gasteiger partial charge is 0.461 e. The van der Waals surface area contributed by atoms with E-state index in [1.54, 1.807) is 20.0 Å². The maximum Gasteiger partial charge on any atom is 0.357 e. The molecule has 0 N–H and O–H groups in total. The highest BCUT2D eigenvalue weighted by atomic mass is 16.5. The van der Waals surface area contributed by atoms with Gasteiger partial charge >= 0.3 is 5.97 Å². The molecule has 0 atom stereocenters. The first-order chi connectivity index (χ1) is 13.1. The molecule has 0 aliphatic carbocycles. The van der Waals surface area contributed by atoms with Gasteiger partial charge in [0.05, 0.1) is 23.8 Å².